The predicted molar refractivity (Wildman–Crippen MR) is 114 cm³/mol. The summed E-state index contributed by atoms with van der Waals surface area (Å²) in [5.74, 6) is 0.657. The van der Waals surface area contributed by atoms with E-state index in [1.807, 2.05) is 26.6 Å². The van der Waals surface area contributed by atoms with Crippen LogP contribution in [-0.4, -0.2) is 20.6 Å². The zero-order valence-corrected chi connectivity index (χ0v) is 19.2. The van der Waals surface area contributed by atoms with Crippen molar-refractivity contribution in [2.45, 2.75) is 85.4 Å². The Morgan fingerprint density at radius 3 is 2.56 bits per heavy atom. The smallest absolute Gasteiger partial charge is 0.317 e. The third kappa shape index (κ3) is 5.01. The quantitative estimate of drug-likeness (QED) is 0.239. The molecule has 2 aliphatic rings. The number of carbonyl (C=O) groups excluding carboxylic acids is 2. The Kier molecular flexibility index (Phi) is 6.61. The van der Waals surface area contributed by atoms with Crippen molar-refractivity contribution in [3.63, 3.8) is 0 Å². The van der Waals surface area contributed by atoms with Gasteiger partial charge in [0.1, 0.15) is 6.29 Å². The van der Waals surface area contributed by atoms with Crippen molar-refractivity contribution in [3.05, 3.63) is 23.8 Å². The second kappa shape index (κ2) is 8.06. The SMILES string of the molecule is C=C1CCC2C(C)(C=O)CCC[C@@]2(C)C1CC/C(C)=C/C(=O)O[Si](C)(C)C. The van der Waals surface area contributed by atoms with Gasteiger partial charge in [0.15, 0.2) is 0 Å². The minimum absolute atomic E-state index is 0.141. The fraction of sp³-hybridized carbons (Fsp3) is 0.739. The van der Waals surface area contributed by atoms with Crippen LogP contribution in [0.1, 0.15) is 65.7 Å². The first kappa shape index (κ1) is 22.1. The predicted octanol–water partition coefficient (Wildman–Crippen LogP) is 6.07. The summed E-state index contributed by atoms with van der Waals surface area (Å²) < 4.78 is 5.54. The zero-order chi connectivity index (χ0) is 20.5. The molecular weight excluding hydrogens is 352 g/mol. The topological polar surface area (TPSA) is 43.4 Å². The highest BCUT2D eigenvalue weighted by atomic mass is 28.4. The molecule has 0 radical (unpaired) electrons. The Morgan fingerprint density at radius 2 is 1.96 bits per heavy atom. The fourth-order valence-corrected chi connectivity index (χ4v) is 6.31. The lowest BCUT2D eigenvalue weighted by atomic mass is 9.47. The monoisotopic (exact) mass is 390 g/mol. The second-order valence-corrected chi connectivity index (χ2v) is 14.8. The van der Waals surface area contributed by atoms with Gasteiger partial charge in [-0.25, -0.2) is 4.79 Å². The van der Waals surface area contributed by atoms with E-state index in [9.17, 15) is 9.59 Å². The Bertz CT molecular complexity index is 630. The summed E-state index contributed by atoms with van der Waals surface area (Å²) in [5.41, 5.74) is 2.35. The van der Waals surface area contributed by atoms with Crippen LogP contribution in [0.3, 0.4) is 0 Å². The van der Waals surface area contributed by atoms with Gasteiger partial charge in [0.25, 0.3) is 0 Å². The Morgan fingerprint density at radius 1 is 1.30 bits per heavy atom. The number of hydrogen-bond acceptors (Lipinski definition) is 3. The molecule has 2 fully saturated rings. The average molecular weight is 391 g/mol. The minimum Gasteiger partial charge on any atom is -0.517 e. The first-order valence-electron chi connectivity index (χ1n) is 10.5. The maximum Gasteiger partial charge on any atom is 0.317 e. The van der Waals surface area contributed by atoms with Gasteiger partial charge in [-0.2, -0.15) is 0 Å². The minimum atomic E-state index is -1.85. The van der Waals surface area contributed by atoms with Gasteiger partial charge in [-0.3, -0.25) is 0 Å². The van der Waals surface area contributed by atoms with Gasteiger partial charge >= 0.3 is 5.97 Å². The van der Waals surface area contributed by atoms with Crippen molar-refractivity contribution in [1.82, 2.24) is 0 Å². The van der Waals surface area contributed by atoms with Crippen LogP contribution in [-0.2, 0) is 14.0 Å². The molecule has 2 aliphatic carbocycles. The highest BCUT2D eigenvalue weighted by Crippen LogP contribution is 2.61. The van der Waals surface area contributed by atoms with Gasteiger partial charge in [-0.1, -0.05) is 38.0 Å². The van der Waals surface area contributed by atoms with E-state index in [1.54, 1.807) is 6.08 Å². The molecule has 3 unspecified atom stereocenters. The van der Waals surface area contributed by atoms with E-state index in [2.05, 4.69) is 20.4 Å². The number of fused-ring (bicyclic) bond motifs is 1. The summed E-state index contributed by atoms with van der Waals surface area (Å²) in [7, 11) is -1.85. The molecule has 0 aromatic carbocycles. The van der Waals surface area contributed by atoms with Crippen LogP contribution >= 0.6 is 0 Å². The molecule has 0 aromatic rings. The van der Waals surface area contributed by atoms with Gasteiger partial charge in [-0.15, -0.1) is 0 Å². The molecule has 0 bridgehead atoms. The normalized spacial score (nSPS) is 34.7. The molecule has 4 heteroatoms. The largest absolute Gasteiger partial charge is 0.517 e. The first-order chi connectivity index (χ1) is 12.4. The number of carbonyl (C=O) groups is 2. The first-order valence-corrected chi connectivity index (χ1v) is 13.9. The Labute approximate surface area is 166 Å². The van der Waals surface area contributed by atoms with Crippen LogP contribution < -0.4 is 0 Å². The summed E-state index contributed by atoms with van der Waals surface area (Å²) in [6.07, 6.45) is 10.2. The maximum atomic E-state index is 12.1. The van der Waals surface area contributed by atoms with E-state index in [0.717, 1.165) is 44.1 Å². The molecule has 0 saturated heterocycles. The van der Waals surface area contributed by atoms with Gasteiger partial charge < -0.3 is 9.22 Å². The summed E-state index contributed by atoms with van der Waals surface area (Å²) in [6, 6.07) is 0. The lowest BCUT2D eigenvalue weighted by molar-refractivity contribution is -0.131. The Balaban J connectivity index is 2.11. The molecule has 0 spiro atoms. The van der Waals surface area contributed by atoms with Crippen LogP contribution in [0, 0.1) is 22.7 Å². The van der Waals surface area contributed by atoms with Crippen molar-refractivity contribution < 1.29 is 14.0 Å². The summed E-state index contributed by atoms with van der Waals surface area (Å²) in [5, 5.41) is 0. The van der Waals surface area contributed by atoms with Crippen molar-refractivity contribution in [1.29, 1.82) is 0 Å². The average Bonchev–Trinajstić information content (AvgIpc) is 2.51. The van der Waals surface area contributed by atoms with Crippen LogP contribution in [0.2, 0.25) is 19.6 Å². The molecule has 0 heterocycles. The van der Waals surface area contributed by atoms with E-state index in [0.29, 0.717) is 11.8 Å². The van der Waals surface area contributed by atoms with Crippen LogP contribution in [0.25, 0.3) is 0 Å². The van der Waals surface area contributed by atoms with Crippen molar-refractivity contribution in [3.8, 4) is 0 Å². The molecule has 4 atom stereocenters. The molecule has 2 rings (SSSR count). The molecule has 27 heavy (non-hydrogen) atoms. The fourth-order valence-electron chi connectivity index (χ4n) is 5.65. The maximum absolute atomic E-state index is 12.1. The van der Waals surface area contributed by atoms with Crippen molar-refractivity contribution in [2.75, 3.05) is 0 Å². The molecule has 152 valence electrons. The third-order valence-electron chi connectivity index (χ3n) is 6.93. The van der Waals surface area contributed by atoms with Gasteiger partial charge in [0.2, 0.25) is 8.32 Å². The molecule has 0 aliphatic heterocycles. The lowest BCUT2D eigenvalue weighted by Crippen LogP contribution is -2.51. The molecular formula is C23H38O3Si. The van der Waals surface area contributed by atoms with Gasteiger partial charge in [0, 0.05) is 11.5 Å². The van der Waals surface area contributed by atoms with Crippen LogP contribution in [0.15, 0.2) is 23.8 Å². The summed E-state index contributed by atoms with van der Waals surface area (Å²) >= 11 is 0. The van der Waals surface area contributed by atoms with E-state index in [4.69, 9.17) is 4.43 Å². The molecule has 0 aromatic heterocycles. The molecule has 2 saturated carbocycles. The number of allylic oxidation sites excluding steroid dienone is 2. The zero-order valence-electron chi connectivity index (χ0n) is 18.2. The van der Waals surface area contributed by atoms with E-state index >= 15 is 0 Å². The van der Waals surface area contributed by atoms with E-state index in [-0.39, 0.29) is 16.8 Å². The standard InChI is InChI=1S/C23H38O3Si/c1-17(15-21(25)26-27(5,6)7)9-11-19-18(2)10-12-20-22(3,16-24)13-8-14-23(19,20)4/h15-16,19-20H,2,8-14H2,1,3-7H3/b17-15+/t19?,20?,22?,23-/m0/s1. The van der Waals surface area contributed by atoms with Crippen LogP contribution in [0.4, 0.5) is 0 Å². The second-order valence-electron chi connectivity index (χ2n) is 10.3. The molecule has 3 nitrogen and oxygen atoms in total. The molecule has 0 N–H and O–H groups in total. The Hall–Kier alpha value is -1.16. The van der Waals surface area contributed by atoms with E-state index < -0.39 is 8.32 Å². The van der Waals surface area contributed by atoms with Crippen molar-refractivity contribution >= 4 is 20.6 Å². The molecule has 0 amide bonds. The lowest BCUT2D eigenvalue weighted by Gasteiger charge is -2.57. The number of aldehydes is 1. The van der Waals surface area contributed by atoms with Crippen molar-refractivity contribution in [2.24, 2.45) is 22.7 Å². The summed E-state index contributed by atoms with van der Waals surface area (Å²) in [6.45, 7) is 17.0. The highest BCUT2D eigenvalue weighted by Gasteiger charge is 2.54. The number of hydrogen-bond donors (Lipinski definition) is 0. The highest BCUT2D eigenvalue weighted by molar-refractivity contribution is 6.71. The van der Waals surface area contributed by atoms with Gasteiger partial charge in [0.05, 0.1) is 0 Å². The summed E-state index contributed by atoms with van der Waals surface area (Å²) in [4.78, 5) is 24.0. The number of rotatable bonds is 6. The van der Waals surface area contributed by atoms with Crippen LogP contribution in [0.5, 0.6) is 0 Å². The van der Waals surface area contributed by atoms with Gasteiger partial charge in [-0.05, 0) is 82.3 Å². The van der Waals surface area contributed by atoms with E-state index in [1.165, 1.54) is 18.3 Å². The third-order valence-corrected chi connectivity index (χ3v) is 7.75.